The second-order valence-corrected chi connectivity index (χ2v) is 9.83. The van der Waals surface area contributed by atoms with E-state index in [4.69, 9.17) is 4.84 Å². The monoisotopic (exact) mass is 508 g/mol. The van der Waals surface area contributed by atoms with Crippen molar-refractivity contribution >= 4 is 44.5 Å². The van der Waals surface area contributed by atoms with Crippen LogP contribution in [-0.2, 0) is 9.63 Å². The molecule has 6 nitrogen and oxygen atoms in total. The van der Waals surface area contributed by atoms with Gasteiger partial charge in [0.05, 0.1) is 11.3 Å². The Balaban J connectivity index is 1.35. The summed E-state index contributed by atoms with van der Waals surface area (Å²) < 4.78 is 0.922. The largest absolute Gasteiger partial charge is 0.395 e. The molecule has 1 saturated heterocycles. The molecule has 2 aromatic rings. The predicted octanol–water partition coefficient (Wildman–Crippen LogP) is 5.47. The number of rotatable bonds is 6. The Morgan fingerprint density at radius 2 is 1.88 bits per heavy atom. The number of benzene rings is 2. The molecule has 0 bridgehead atoms. The SMILES string of the molecule is CCCN1CCC(CCO/N=C2/C(=C3/C(=O)Nc4ccc(Br)cc43)Nc3ccccc32)CC1. The van der Waals surface area contributed by atoms with E-state index in [1.54, 1.807) is 0 Å². The number of carbonyl (C=O) groups excluding carboxylic acids is 1. The molecule has 3 aliphatic heterocycles. The summed E-state index contributed by atoms with van der Waals surface area (Å²) in [6.45, 7) is 6.40. The van der Waals surface area contributed by atoms with Crippen molar-refractivity contribution in [2.45, 2.75) is 32.6 Å². The molecule has 3 heterocycles. The van der Waals surface area contributed by atoms with Gasteiger partial charge in [-0.3, -0.25) is 4.79 Å². The van der Waals surface area contributed by atoms with E-state index in [0.29, 0.717) is 29.5 Å². The third-order valence-corrected chi connectivity index (χ3v) is 7.17. The minimum absolute atomic E-state index is 0.134. The number of piperidine rings is 1. The summed E-state index contributed by atoms with van der Waals surface area (Å²) in [7, 11) is 0. The first-order valence-electron chi connectivity index (χ1n) is 11.8. The molecule has 2 aromatic carbocycles. The number of oxime groups is 1. The average molecular weight is 509 g/mol. The van der Waals surface area contributed by atoms with Crippen LogP contribution in [0.2, 0.25) is 0 Å². The lowest BCUT2D eigenvalue weighted by atomic mass is 9.94. The lowest BCUT2D eigenvalue weighted by Gasteiger charge is -2.31. The highest BCUT2D eigenvalue weighted by atomic mass is 79.9. The molecule has 5 rings (SSSR count). The van der Waals surface area contributed by atoms with Crippen LogP contribution in [0.1, 0.15) is 43.7 Å². The van der Waals surface area contributed by atoms with Crippen LogP contribution in [0.4, 0.5) is 11.4 Å². The van der Waals surface area contributed by atoms with Gasteiger partial charge in [-0.15, -0.1) is 0 Å². The second-order valence-electron chi connectivity index (χ2n) is 8.91. The Kier molecular flexibility index (Phi) is 6.51. The molecule has 1 fully saturated rings. The van der Waals surface area contributed by atoms with E-state index >= 15 is 0 Å². The van der Waals surface area contributed by atoms with Crippen LogP contribution < -0.4 is 10.6 Å². The highest BCUT2D eigenvalue weighted by Gasteiger charge is 2.34. The number of halogens is 1. The maximum atomic E-state index is 12.9. The summed E-state index contributed by atoms with van der Waals surface area (Å²) in [6.07, 6.45) is 4.68. The fourth-order valence-electron chi connectivity index (χ4n) is 4.94. The molecule has 0 atom stereocenters. The number of nitrogens with one attached hydrogen (secondary N) is 2. The molecular weight excluding hydrogens is 480 g/mol. The van der Waals surface area contributed by atoms with Crippen molar-refractivity contribution < 1.29 is 9.63 Å². The maximum absolute atomic E-state index is 12.9. The molecule has 172 valence electrons. The number of nitrogens with zero attached hydrogens (tertiary/aromatic N) is 2. The first-order valence-corrected chi connectivity index (χ1v) is 12.6. The van der Waals surface area contributed by atoms with Crippen LogP contribution in [0, 0.1) is 5.92 Å². The van der Waals surface area contributed by atoms with Crippen LogP contribution >= 0.6 is 15.9 Å². The third-order valence-electron chi connectivity index (χ3n) is 6.68. The number of hydrogen-bond donors (Lipinski definition) is 2. The Bertz CT molecular complexity index is 1120. The molecular formula is C26H29BrN4O2. The molecule has 3 aliphatic rings. The molecule has 0 saturated carbocycles. The van der Waals surface area contributed by atoms with Gasteiger partial charge >= 0.3 is 0 Å². The summed E-state index contributed by atoms with van der Waals surface area (Å²) in [4.78, 5) is 21.3. The van der Waals surface area contributed by atoms with Gasteiger partial charge in [-0.05, 0) is 75.5 Å². The van der Waals surface area contributed by atoms with Crippen LogP contribution in [0.25, 0.3) is 5.57 Å². The number of hydrogen-bond acceptors (Lipinski definition) is 5. The second kappa shape index (κ2) is 9.69. The molecule has 0 aliphatic carbocycles. The lowest BCUT2D eigenvalue weighted by Crippen LogP contribution is -2.34. The van der Waals surface area contributed by atoms with Gasteiger partial charge in [0.1, 0.15) is 12.3 Å². The Morgan fingerprint density at radius 3 is 2.70 bits per heavy atom. The molecule has 0 unspecified atom stereocenters. The van der Waals surface area contributed by atoms with E-state index in [2.05, 4.69) is 43.5 Å². The van der Waals surface area contributed by atoms with E-state index in [9.17, 15) is 4.79 Å². The normalized spacial score (nSPS) is 21.6. The smallest absolute Gasteiger partial charge is 0.258 e. The summed E-state index contributed by atoms with van der Waals surface area (Å²) in [5, 5.41) is 10.9. The van der Waals surface area contributed by atoms with Crippen molar-refractivity contribution in [2.75, 3.05) is 36.9 Å². The topological polar surface area (TPSA) is 66.0 Å². The minimum atomic E-state index is -0.134. The van der Waals surface area contributed by atoms with E-state index in [-0.39, 0.29) is 5.91 Å². The van der Waals surface area contributed by atoms with Gasteiger partial charge in [-0.1, -0.05) is 46.2 Å². The lowest BCUT2D eigenvalue weighted by molar-refractivity contribution is -0.110. The van der Waals surface area contributed by atoms with Crippen molar-refractivity contribution in [1.29, 1.82) is 0 Å². The van der Waals surface area contributed by atoms with E-state index in [1.165, 1.54) is 38.9 Å². The molecule has 1 amide bonds. The van der Waals surface area contributed by atoms with Crippen LogP contribution in [-0.4, -0.2) is 42.8 Å². The zero-order valence-corrected chi connectivity index (χ0v) is 20.5. The molecule has 0 aromatic heterocycles. The fraction of sp³-hybridized carbons (Fsp3) is 0.385. The molecule has 7 heteroatoms. The number of carbonyl (C=O) groups is 1. The zero-order chi connectivity index (χ0) is 22.8. The van der Waals surface area contributed by atoms with Crippen molar-refractivity contribution in [3.05, 3.63) is 63.8 Å². The first-order chi connectivity index (χ1) is 16.1. The summed E-state index contributed by atoms with van der Waals surface area (Å²) in [6, 6.07) is 13.8. The zero-order valence-electron chi connectivity index (χ0n) is 18.9. The van der Waals surface area contributed by atoms with Crippen LogP contribution in [0.15, 0.2) is 57.8 Å². The number of likely N-dealkylation sites (tertiary alicyclic amines) is 1. The molecule has 0 spiro atoms. The third kappa shape index (κ3) is 4.57. The van der Waals surface area contributed by atoms with Gasteiger partial charge in [-0.25, -0.2) is 0 Å². The number of para-hydroxylation sites is 1. The summed E-state index contributed by atoms with van der Waals surface area (Å²) >= 11 is 3.53. The number of fused-ring (bicyclic) bond motifs is 2. The van der Waals surface area contributed by atoms with Crippen LogP contribution in [0.3, 0.4) is 0 Å². The Morgan fingerprint density at radius 1 is 1.09 bits per heavy atom. The van der Waals surface area contributed by atoms with Gasteiger partial charge in [0, 0.05) is 27.0 Å². The Hall–Kier alpha value is -2.64. The standard InChI is InChI=1S/C26H29BrN4O2/c1-2-12-31-13-9-17(10-14-31)11-15-33-30-24-19-5-3-4-6-21(19)28-25(24)23-20-16-18(27)7-8-22(20)29-26(23)32/h3-8,16-17,28H,2,9-15H2,1H3,(H,29,32)/b25-23-,30-24+. The fourth-order valence-corrected chi connectivity index (χ4v) is 5.30. The highest BCUT2D eigenvalue weighted by molar-refractivity contribution is 9.10. The highest BCUT2D eigenvalue weighted by Crippen LogP contribution is 2.40. The van der Waals surface area contributed by atoms with E-state index in [1.807, 2.05) is 42.5 Å². The molecule has 33 heavy (non-hydrogen) atoms. The van der Waals surface area contributed by atoms with Crippen molar-refractivity contribution in [1.82, 2.24) is 4.90 Å². The number of amides is 1. The van der Waals surface area contributed by atoms with Gasteiger partial charge in [0.2, 0.25) is 0 Å². The van der Waals surface area contributed by atoms with Gasteiger partial charge < -0.3 is 20.4 Å². The van der Waals surface area contributed by atoms with Gasteiger partial charge in [0.25, 0.3) is 5.91 Å². The molecule has 2 N–H and O–H groups in total. The van der Waals surface area contributed by atoms with Crippen molar-refractivity contribution in [3.8, 4) is 0 Å². The summed E-state index contributed by atoms with van der Waals surface area (Å²) in [5.74, 6) is 0.555. The van der Waals surface area contributed by atoms with Crippen LogP contribution in [0.5, 0.6) is 0 Å². The van der Waals surface area contributed by atoms with Crippen molar-refractivity contribution in [3.63, 3.8) is 0 Å². The maximum Gasteiger partial charge on any atom is 0.258 e. The number of anilines is 2. The van der Waals surface area contributed by atoms with E-state index < -0.39 is 0 Å². The van der Waals surface area contributed by atoms with Gasteiger partial charge in [0.15, 0.2) is 0 Å². The average Bonchev–Trinajstić information content (AvgIpc) is 3.34. The quantitative estimate of drug-likeness (QED) is 0.308. The van der Waals surface area contributed by atoms with Crippen molar-refractivity contribution in [2.24, 2.45) is 11.1 Å². The minimum Gasteiger partial charge on any atom is -0.395 e. The van der Waals surface area contributed by atoms with Gasteiger partial charge in [-0.2, -0.15) is 0 Å². The predicted molar refractivity (Wildman–Crippen MR) is 136 cm³/mol. The first kappa shape index (κ1) is 22.2. The van der Waals surface area contributed by atoms with E-state index in [0.717, 1.165) is 33.4 Å². The molecule has 0 radical (unpaired) electrons. The number of allylic oxidation sites excluding steroid dienone is 1. The summed E-state index contributed by atoms with van der Waals surface area (Å²) in [5.41, 5.74) is 5.51. The Labute approximate surface area is 203 Å².